The number of nitrogen functional groups attached to an aromatic ring is 1. The van der Waals surface area contributed by atoms with Crippen molar-refractivity contribution in [3.05, 3.63) is 60.8 Å². The Morgan fingerprint density at radius 2 is 1.67 bits per heavy atom. The third-order valence-corrected chi connectivity index (χ3v) is 2.73. The molecule has 0 radical (unpaired) electrons. The van der Waals surface area contributed by atoms with E-state index in [1.165, 1.54) is 0 Å². The van der Waals surface area contributed by atoms with Crippen molar-refractivity contribution in [3.63, 3.8) is 0 Å². The van der Waals surface area contributed by atoms with E-state index in [9.17, 15) is 0 Å². The first-order chi connectivity index (χ1) is 8.83. The van der Waals surface area contributed by atoms with Crippen LogP contribution < -0.4 is 10.5 Å². The summed E-state index contributed by atoms with van der Waals surface area (Å²) in [5, 5.41) is 2.11. The lowest BCUT2D eigenvalue weighted by Crippen LogP contribution is -1.90. The molecule has 0 aliphatic carbocycles. The zero-order chi connectivity index (χ0) is 12.4. The fourth-order valence-corrected chi connectivity index (χ4v) is 1.82. The SMILES string of the molecule is Nc1ccc(Oc2nccc3ccccc23)cc1. The maximum Gasteiger partial charge on any atom is 0.227 e. The Morgan fingerprint density at radius 1 is 0.889 bits per heavy atom. The van der Waals surface area contributed by atoms with Crippen LogP contribution in [0, 0.1) is 0 Å². The van der Waals surface area contributed by atoms with E-state index in [0.29, 0.717) is 11.6 Å². The minimum Gasteiger partial charge on any atom is -0.438 e. The average molecular weight is 236 g/mol. The first-order valence-corrected chi connectivity index (χ1v) is 5.70. The lowest BCUT2D eigenvalue weighted by Gasteiger charge is -2.07. The molecule has 1 heterocycles. The predicted octanol–water partition coefficient (Wildman–Crippen LogP) is 3.61. The molecule has 0 fully saturated rings. The van der Waals surface area contributed by atoms with Gasteiger partial charge in [-0.05, 0) is 41.8 Å². The molecule has 0 saturated carbocycles. The van der Waals surface area contributed by atoms with Crippen LogP contribution >= 0.6 is 0 Å². The number of nitrogens with two attached hydrogens (primary N) is 1. The molecule has 0 spiro atoms. The molecule has 3 nitrogen and oxygen atoms in total. The zero-order valence-corrected chi connectivity index (χ0v) is 9.71. The quantitative estimate of drug-likeness (QED) is 0.691. The van der Waals surface area contributed by atoms with Crippen molar-refractivity contribution in [3.8, 4) is 11.6 Å². The highest BCUT2D eigenvalue weighted by Crippen LogP contribution is 2.27. The molecular weight excluding hydrogens is 224 g/mol. The van der Waals surface area contributed by atoms with Gasteiger partial charge >= 0.3 is 0 Å². The topological polar surface area (TPSA) is 48.1 Å². The van der Waals surface area contributed by atoms with Crippen LogP contribution in [0.2, 0.25) is 0 Å². The van der Waals surface area contributed by atoms with Gasteiger partial charge in [0.05, 0.1) is 0 Å². The van der Waals surface area contributed by atoms with Gasteiger partial charge in [0.25, 0.3) is 0 Å². The van der Waals surface area contributed by atoms with Gasteiger partial charge in [-0.3, -0.25) is 0 Å². The highest BCUT2D eigenvalue weighted by Gasteiger charge is 2.03. The van der Waals surface area contributed by atoms with Crippen LogP contribution in [-0.2, 0) is 0 Å². The lowest BCUT2D eigenvalue weighted by atomic mass is 10.2. The Bertz CT molecular complexity index is 672. The van der Waals surface area contributed by atoms with Gasteiger partial charge in [-0.2, -0.15) is 0 Å². The molecule has 2 N–H and O–H groups in total. The van der Waals surface area contributed by atoms with Gasteiger partial charge in [0, 0.05) is 17.3 Å². The Kier molecular flexibility index (Phi) is 2.57. The molecule has 88 valence electrons. The number of nitrogens with zero attached hydrogens (tertiary/aromatic N) is 1. The second-order valence-corrected chi connectivity index (χ2v) is 4.01. The van der Waals surface area contributed by atoms with Crippen LogP contribution in [0.1, 0.15) is 0 Å². The molecule has 0 aliphatic heterocycles. The third-order valence-electron chi connectivity index (χ3n) is 2.73. The molecule has 3 rings (SSSR count). The molecule has 0 unspecified atom stereocenters. The summed E-state index contributed by atoms with van der Waals surface area (Å²) in [5.41, 5.74) is 6.36. The molecule has 0 amide bonds. The normalized spacial score (nSPS) is 10.4. The fraction of sp³-hybridized carbons (Fsp3) is 0. The van der Waals surface area contributed by atoms with Crippen LogP contribution in [-0.4, -0.2) is 4.98 Å². The van der Waals surface area contributed by atoms with Gasteiger partial charge in [0.2, 0.25) is 5.88 Å². The minimum atomic E-state index is 0.609. The molecule has 0 aliphatic rings. The molecule has 0 atom stereocenters. The van der Waals surface area contributed by atoms with Crippen LogP contribution in [0.25, 0.3) is 10.8 Å². The van der Waals surface area contributed by atoms with Crippen molar-refractivity contribution >= 4 is 16.5 Å². The van der Waals surface area contributed by atoms with E-state index in [-0.39, 0.29) is 0 Å². The number of hydrogen-bond acceptors (Lipinski definition) is 3. The number of anilines is 1. The lowest BCUT2D eigenvalue weighted by molar-refractivity contribution is 0.469. The summed E-state index contributed by atoms with van der Waals surface area (Å²) in [5.74, 6) is 1.34. The van der Waals surface area contributed by atoms with Crippen LogP contribution in [0.5, 0.6) is 11.6 Å². The van der Waals surface area contributed by atoms with E-state index in [2.05, 4.69) is 4.98 Å². The average Bonchev–Trinajstić information content (AvgIpc) is 2.42. The first kappa shape index (κ1) is 10.6. The summed E-state index contributed by atoms with van der Waals surface area (Å²) in [6.45, 7) is 0. The molecule has 0 bridgehead atoms. The van der Waals surface area contributed by atoms with E-state index in [1.807, 2.05) is 42.5 Å². The maximum absolute atomic E-state index is 5.78. The number of pyridine rings is 1. The highest BCUT2D eigenvalue weighted by molar-refractivity contribution is 5.86. The second kappa shape index (κ2) is 4.37. The Balaban J connectivity index is 2.02. The standard InChI is InChI=1S/C15H12N2O/c16-12-5-7-13(8-6-12)18-15-14-4-2-1-3-11(14)9-10-17-15/h1-10H,16H2. The summed E-state index contributed by atoms with van der Waals surface area (Å²) < 4.78 is 5.78. The highest BCUT2D eigenvalue weighted by atomic mass is 16.5. The summed E-state index contributed by atoms with van der Waals surface area (Å²) in [6.07, 6.45) is 1.75. The Labute approximate surface area is 105 Å². The number of aromatic nitrogens is 1. The number of hydrogen-bond donors (Lipinski definition) is 1. The van der Waals surface area contributed by atoms with Crippen LogP contribution in [0.4, 0.5) is 5.69 Å². The van der Waals surface area contributed by atoms with Crippen molar-refractivity contribution in [1.29, 1.82) is 0 Å². The third kappa shape index (κ3) is 1.98. The summed E-state index contributed by atoms with van der Waals surface area (Å²) in [6, 6.07) is 17.2. The largest absolute Gasteiger partial charge is 0.438 e. The van der Waals surface area contributed by atoms with Crippen LogP contribution in [0.15, 0.2) is 60.8 Å². The summed E-state index contributed by atoms with van der Waals surface area (Å²) in [7, 11) is 0. The first-order valence-electron chi connectivity index (χ1n) is 5.70. The Morgan fingerprint density at radius 3 is 2.50 bits per heavy atom. The van der Waals surface area contributed by atoms with E-state index in [4.69, 9.17) is 10.5 Å². The van der Waals surface area contributed by atoms with Crippen LogP contribution in [0.3, 0.4) is 0 Å². The van der Waals surface area contributed by atoms with E-state index >= 15 is 0 Å². The molecule has 1 aromatic heterocycles. The van der Waals surface area contributed by atoms with Crippen molar-refractivity contribution in [1.82, 2.24) is 4.98 Å². The zero-order valence-electron chi connectivity index (χ0n) is 9.71. The molecule has 2 aromatic carbocycles. The summed E-state index contributed by atoms with van der Waals surface area (Å²) >= 11 is 0. The molecule has 0 saturated heterocycles. The van der Waals surface area contributed by atoms with Gasteiger partial charge < -0.3 is 10.5 Å². The van der Waals surface area contributed by atoms with Gasteiger partial charge in [0.15, 0.2) is 0 Å². The number of fused-ring (bicyclic) bond motifs is 1. The minimum absolute atomic E-state index is 0.609. The van der Waals surface area contributed by atoms with Crippen molar-refractivity contribution in [2.24, 2.45) is 0 Å². The predicted molar refractivity (Wildman–Crippen MR) is 72.7 cm³/mol. The smallest absolute Gasteiger partial charge is 0.227 e. The maximum atomic E-state index is 5.78. The molecule has 3 heteroatoms. The van der Waals surface area contributed by atoms with Gasteiger partial charge in [-0.15, -0.1) is 0 Å². The van der Waals surface area contributed by atoms with Gasteiger partial charge in [-0.25, -0.2) is 4.98 Å². The molecule has 3 aromatic rings. The summed E-state index contributed by atoms with van der Waals surface area (Å²) in [4.78, 5) is 4.27. The van der Waals surface area contributed by atoms with Crippen molar-refractivity contribution in [2.45, 2.75) is 0 Å². The number of rotatable bonds is 2. The fourth-order valence-electron chi connectivity index (χ4n) is 1.82. The van der Waals surface area contributed by atoms with Gasteiger partial charge in [-0.1, -0.05) is 18.2 Å². The van der Waals surface area contributed by atoms with Crippen molar-refractivity contribution < 1.29 is 4.74 Å². The Hall–Kier alpha value is -2.55. The monoisotopic (exact) mass is 236 g/mol. The molecule has 18 heavy (non-hydrogen) atoms. The van der Waals surface area contributed by atoms with Gasteiger partial charge in [0.1, 0.15) is 5.75 Å². The van der Waals surface area contributed by atoms with E-state index < -0.39 is 0 Å². The number of ether oxygens (including phenoxy) is 1. The van der Waals surface area contributed by atoms with E-state index in [1.54, 1.807) is 18.3 Å². The number of benzene rings is 2. The van der Waals surface area contributed by atoms with E-state index in [0.717, 1.165) is 16.5 Å². The molecular formula is C15H12N2O. The second-order valence-electron chi connectivity index (χ2n) is 4.01. The van der Waals surface area contributed by atoms with Crippen molar-refractivity contribution in [2.75, 3.05) is 5.73 Å².